The van der Waals surface area contributed by atoms with Crippen LogP contribution in [-0.2, 0) is 18.1 Å². The third kappa shape index (κ3) is 4.81. The molecule has 2 N–H and O–H groups in total. The van der Waals surface area contributed by atoms with E-state index in [0.29, 0.717) is 42.1 Å². The maximum absolute atomic E-state index is 14.2. The fraction of sp³-hybridized carbons (Fsp3) is 0.448. The molecule has 1 saturated heterocycles. The lowest BCUT2D eigenvalue weighted by atomic mass is 9.58. The SMILES string of the molecule is C[C@H]1CCCN(Cc2cc(C(F)(F)F)c3cn(-c4cccc(C5(C(=N)N(C)C=N)CC(C#N)C5)c4)c(=O)n3c2)C1. The average Bonchev–Trinajstić information content (AvgIpc) is 3.23. The van der Waals surface area contributed by atoms with Gasteiger partial charge in [-0.25, -0.2) is 4.79 Å². The Hall–Kier alpha value is -3.91. The van der Waals surface area contributed by atoms with Gasteiger partial charge in [-0.2, -0.15) is 18.4 Å². The van der Waals surface area contributed by atoms with Crippen molar-refractivity contribution in [1.82, 2.24) is 18.8 Å². The molecule has 210 valence electrons. The average molecular weight is 552 g/mol. The summed E-state index contributed by atoms with van der Waals surface area (Å²) in [5, 5.41) is 25.7. The summed E-state index contributed by atoms with van der Waals surface area (Å²) in [6, 6.07) is 10.2. The van der Waals surface area contributed by atoms with E-state index in [1.807, 2.05) is 0 Å². The number of likely N-dealkylation sites (tertiary alicyclic amines) is 1. The van der Waals surface area contributed by atoms with Crippen molar-refractivity contribution in [3.63, 3.8) is 0 Å². The molecule has 0 bridgehead atoms. The van der Waals surface area contributed by atoms with Crippen LogP contribution in [0.2, 0.25) is 0 Å². The van der Waals surface area contributed by atoms with E-state index in [2.05, 4.69) is 17.9 Å². The minimum atomic E-state index is -4.65. The molecule has 0 spiro atoms. The van der Waals surface area contributed by atoms with Gasteiger partial charge in [0, 0.05) is 38.4 Å². The number of nitrogens with one attached hydrogen (secondary N) is 2. The Morgan fingerprint density at radius 2 is 2.02 bits per heavy atom. The number of piperidine rings is 1. The predicted octanol–water partition coefficient (Wildman–Crippen LogP) is 5.03. The first-order chi connectivity index (χ1) is 19.0. The van der Waals surface area contributed by atoms with Gasteiger partial charge in [0.15, 0.2) is 0 Å². The quantitative estimate of drug-likeness (QED) is 0.331. The Morgan fingerprint density at radius 3 is 2.67 bits per heavy atom. The summed E-state index contributed by atoms with van der Waals surface area (Å²) in [6.45, 7) is 4.08. The zero-order valence-electron chi connectivity index (χ0n) is 22.5. The van der Waals surface area contributed by atoms with Gasteiger partial charge in [-0.05, 0) is 67.5 Å². The van der Waals surface area contributed by atoms with E-state index >= 15 is 0 Å². The summed E-state index contributed by atoms with van der Waals surface area (Å²) < 4.78 is 44.9. The van der Waals surface area contributed by atoms with Crippen LogP contribution >= 0.6 is 0 Å². The summed E-state index contributed by atoms with van der Waals surface area (Å²) >= 11 is 0. The molecule has 3 heterocycles. The van der Waals surface area contributed by atoms with E-state index in [0.717, 1.165) is 42.7 Å². The second kappa shape index (κ2) is 10.2. The highest BCUT2D eigenvalue weighted by Gasteiger charge is 2.50. The molecule has 0 unspecified atom stereocenters. The highest BCUT2D eigenvalue weighted by molar-refractivity contribution is 5.98. The Morgan fingerprint density at radius 1 is 1.27 bits per heavy atom. The van der Waals surface area contributed by atoms with Gasteiger partial charge in [-0.3, -0.25) is 24.7 Å². The number of fused-ring (bicyclic) bond motifs is 1. The van der Waals surface area contributed by atoms with E-state index in [1.165, 1.54) is 21.9 Å². The van der Waals surface area contributed by atoms with Gasteiger partial charge in [-0.1, -0.05) is 19.1 Å². The largest absolute Gasteiger partial charge is 0.418 e. The van der Waals surface area contributed by atoms with Gasteiger partial charge in [0.2, 0.25) is 0 Å². The summed E-state index contributed by atoms with van der Waals surface area (Å²) in [4.78, 5) is 17.1. The molecule has 11 heteroatoms. The van der Waals surface area contributed by atoms with Crippen molar-refractivity contribution >= 4 is 17.7 Å². The molecule has 0 amide bonds. The predicted molar refractivity (Wildman–Crippen MR) is 146 cm³/mol. The van der Waals surface area contributed by atoms with Crippen LogP contribution in [0.15, 0.2) is 47.5 Å². The summed E-state index contributed by atoms with van der Waals surface area (Å²) in [7, 11) is 1.59. The Balaban J connectivity index is 1.59. The number of rotatable bonds is 6. The molecule has 1 atom stereocenters. The highest BCUT2D eigenvalue weighted by Crippen LogP contribution is 2.49. The first-order valence-electron chi connectivity index (χ1n) is 13.4. The fourth-order valence-electron chi connectivity index (χ4n) is 6.23. The van der Waals surface area contributed by atoms with Crippen molar-refractivity contribution < 1.29 is 13.2 Å². The number of benzene rings is 1. The van der Waals surface area contributed by atoms with E-state index in [4.69, 9.17) is 10.8 Å². The summed E-state index contributed by atoms with van der Waals surface area (Å²) in [5.74, 6) is 0.369. The van der Waals surface area contributed by atoms with E-state index in [-0.39, 0.29) is 17.3 Å². The van der Waals surface area contributed by atoms with Gasteiger partial charge >= 0.3 is 11.9 Å². The van der Waals surface area contributed by atoms with Crippen LogP contribution in [0, 0.1) is 34.0 Å². The van der Waals surface area contributed by atoms with Crippen molar-refractivity contribution in [3.8, 4) is 11.8 Å². The number of imidazole rings is 1. The number of aromatic nitrogens is 2. The van der Waals surface area contributed by atoms with Crippen LogP contribution in [0.3, 0.4) is 0 Å². The zero-order chi connectivity index (χ0) is 28.8. The molecule has 8 nitrogen and oxygen atoms in total. The number of hydrogen-bond donors (Lipinski definition) is 2. The molecule has 0 radical (unpaired) electrons. The lowest BCUT2D eigenvalue weighted by Crippen LogP contribution is -2.52. The monoisotopic (exact) mass is 551 g/mol. The maximum atomic E-state index is 14.2. The Kier molecular flexibility index (Phi) is 7.08. The molecule has 1 aliphatic heterocycles. The summed E-state index contributed by atoms with van der Waals surface area (Å²) in [6.07, 6.45) is 1.96. The van der Waals surface area contributed by atoms with E-state index < -0.39 is 22.8 Å². The normalized spacial score (nSPS) is 23.4. The van der Waals surface area contributed by atoms with Gasteiger partial charge in [0.25, 0.3) is 0 Å². The number of amidine groups is 1. The van der Waals surface area contributed by atoms with Crippen molar-refractivity contribution in [2.45, 2.75) is 50.7 Å². The smallest absolute Gasteiger partial charge is 0.324 e. The van der Waals surface area contributed by atoms with E-state index in [9.17, 15) is 23.2 Å². The third-order valence-corrected chi connectivity index (χ3v) is 8.33. The molecule has 1 aromatic carbocycles. The van der Waals surface area contributed by atoms with Crippen LogP contribution in [0.25, 0.3) is 11.2 Å². The number of nitrogens with zero attached hydrogens (tertiary/aromatic N) is 5. The molecular formula is C29H32F3N7O. The molecule has 2 aliphatic rings. The molecule has 3 aromatic rings. The van der Waals surface area contributed by atoms with E-state index in [1.54, 1.807) is 31.3 Å². The molecular weight excluding hydrogens is 519 g/mol. The Bertz CT molecular complexity index is 1560. The second-order valence-corrected chi connectivity index (χ2v) is 11.2. The molecule has 40 heavy (non-hydrogen) atoms. The number of nitriles is 1. The molecule has 1 aliphatic carbocycles. The number of halogens is 3. The zero-order valence-corrected chi connectivity index (χ0v) is 22.5. The Labute approximate surface area is 230 Å². The lowest BCUT2D eigenvalue weighted by Gasteiger charge is -2.47. The van der Waals surface area contributed by atoms with Gasteiger partial charge in [-0.15, -0.1) is 0 Å². The van der Waals surface area contributed by atoms with Gasteiger partial charge in [0.1, 0.15) is 5.84 Å². The fourth-order valence-corrected chi connectivity index (χ4v) is 6.23. The maximum Gasteiger partial charge on any atom is 0.418 e. The molecule has 2 aromatic heterocycles. The van der Waals surface area contributed by atoms with Gasteiger partial charge in [0.05, 0.1) is 34.6 Å². The number of alkyl halides is 3. The van der Waals surface area contributed by atoms with Crippen LogP contribution < -0.4 is 5.69 Å². The van der Waals surface area contributed by atoms with Crippen molar-refractivity contribution in [3.05, 3.63) is 69.9 Å². The van der Waals surface area contributed by atoms with Crippen molar-refractivity contribution in [1.29, 1.82) is 16.1 Å². The van der Waals surface area contributed by atoms with Crippen LogP contribution in [0.4, 0.5) is 13.2 Å². The number of pyridine rings is 1. The van der Waals surface area contributed by atoms with Crippen LogP contribution in [0.1, 0.15) is 49.3 Å². The first kappa shape index (κ1) is 27.6. The lowest BCUT2D eigenvalue weighted by molar-refractivity contribution is -0.136. The number of hydrogen-bond acceptors (Lipinski definition) is 5. The van der Waals surface area contributed by atoms with Crippen LogP contribution in [-0.4, -0.2) is 51.1 Å². The second-order valence-electron chi connectivity index (χ2n) is 11.2. The minimum Gasteiger partial charge on any atom is -0.324 e. The summed E-state index contributed by atoms with van der Waals surface area (Å²) in [5.41, 5.74) is -1.05. The third-order valence-electron chi connectivity index (χ3n) is 8.33. The van der Waals surface area contributed by atoms with Crippen molar-refractivity contribution in [2.75, 3.05) is 20.1 Å². The molecule has 1 saturated carbocycles. The topological polar surface area (TPSA) is 104 Å². The van der Waals surface area contributed by atoms with Crippen LogP contribution in [0.5, 0.6) is 0 Å². The number of likely N-dealkylation sites (N-methyl/N-ethyl adjacent to an activating group) is 1. The first-order valence-corrected chi connectivity index (χ1v) is 13.4. The molecule has 2 fully saturated rings. The van der Waals surface area contributed by atoms with Crippen molar-refractivity contribution in [2.24, 2.45) is 11.8 Å². The standard InChI is InChI=1S/C29H32F3N7O/c1-19-5-4-8-37(14-19)15-20-9-24(29(30,31)32)25-17-38(27(40)39(25)16-20)23-7-3-6-22(10-23)28(11-21(12-28)13-33)26(35)36(2)18-34/h3,6-7,9-10,16-19,21,34-35H,4-5,8,11-12,14-15H2,1-2H3/t19-,21?,28?/m0/s1. The highest BCUT2D eigenvalue weighted by atomic mass is 19.4. The van der Waals surface area contributed by atoms with Gasteiger partial charge < -0.3 is 4.90 Å². The minimum absolute atomic E-state index is 0.150. The molecule has 5 rings (SSSR count).